The van der Waals surface area contributed by atoms with Crippen LogP contribution in [0.25, 0.3) is 0 Å². The lowest BCUT2D eigenvalue weighted by Gasteiger charge is -2.15. The van der Waals surface area contributed by atoms with E-state index in [1.165, 1.54) is 12.1 Å². The number of nitro groups is 1. The van der Waals surface area contributed by atoms with Crippen molar-refractivity contribution in [1.29, 1.82) is 5.26 Å². The molecule has 0 aromatic heterocycles. The second-order valence-corrected chi connectivity index (χ2v) is 4.40. The number of carbonyl (C=O) groups is 1. The Hall–Kier alpha value is -2.62. The zero-order chi connectivity index (χ0) is 14.0. The highest BCUT2D eigenvalue weighted by Crippen LogP contribution is 2.35. The van der Waals surface area contributed by atoms with E-state index in [9.17, 15) is 14.9 Å². The van der Waals surface area contributed by atoms with Gasteiger partial charge in [0.2, 0.25) is 0 Å². The highest BCUT2D eigenvalue weighted by Gasteiger charge is 2.36. The molecule has 1 aromatic carbocycles. The van der Waals surface area contributed by atoms with E-state index in [-0.39, 0.29) is 17.2 Å². The molecule has 0 radical (unpaired) electrons. The van der Waals surface area contributed by atoms with E-state index in [0.29, 0.717) is 5.69 Å². The zero-order valence-electron chi connectivity index (χ0n) is 9.87. The van der Waals surface area contributed by atoms with Crippen LogP contribution in [0.2, 0.25) is 0 Å². The lowest BCUT2D eigenvalue weighted by atomic mass is 10.1. The molecule has 1 saturated carbocycles. The van der Waals surface area contributed by atoms with Gasteiger partial charge in [-0.2, -0.15) is 5.26 Å². The summed E-state index contributed by atoms with van der Waals surface area (Å²) in [6.45, 7) is 0. The average Bonchev–Trinajstić information content (AvgIpc) is 3.19. The third kappa shape index (κ3) is 2.80. The van der Waals surface area contributed by atoms with Gasteiger partial charge in [0, 0.05) is 12.1 Å². The maximum atomic E-state index is 11.1. The number of non-ortho nitro benzene ring substituents is 1. The summed E-state index contributed by atoms with van der Waals surface area (Å²) in [5.74, 6) is -0.927. The largest absolute Gasteiger partial charge is 0.480 e. The molecule has 2 N–H and O–H groups in total. The number of hydrogen-bond donors (Lipinski definition) is 2. The van der Waals surface area contributed by atoms with Crippen molar-refractivity contribution in [2.75, 3.05) is 5.32 Å². The fourth-order valence-electron chi connectivity index (χ4n) is 1.84. The summed E-state index contributed by atoms with van der Waals surface area (Å²) < 4.78 is 0. The number of nitro benzene ring substituents is 1. The van der Waals surface area contributed by atoms with Crippen LogP contribution in [-0.2, 0) is 4.79 Å². The summed E-state index contributed by atoms with van der Waals surface area (Å²) in [6, 6.07) is 4.83. The number of rotatable bonds is 5. The quantitative estimate of drug-likeness (QED) is 0.616. The SMILES string of the molecule is N#Cc1cc([N+](=O)[O-])ccc1NC(C(=O)O)C1CC1. The van der Waals surface area contributed by atoms with E-state index >= 15 is 0 Å². The van der Waals surface area contributed by atoms with E-state index in [1.54, 1.807) is 0 Å². The number of aliphatic carboxylic acids is 1. The number of nitrogens with zero attached hydrogens (tertiary/aromatic N) is 2. The van der Waals surface area contributed by atoms with Gasteiger partial charge in [0.15, 0.2) is 0 Å². The van der Waals surface area contributed by atoms with Gasteiger partial charge in [-0.25, -0.2) is 4.79 Å². The molecule has 0 bridgehead atoms. The van der Waals surface area contributed by atoms with Gasteiger partial charge in [-0.1, -0.05) is 0 Å². The van der Waals surface area contributed by atoms with E-state index in [2.05, 4.69) is 5.32 Å². The second-order valence-electron chi connectivity index (χ2n) is 4.40. The summed E-state index contributed by atoms with van der Waals surface area (Å²) >= 11 is 0. The zero-order valence-corrected chi connectivity index (χ0v) is 9.87. The van der Waals surface area contributed by atoms with Gasteiger partial charge in [0.25, 0.3) is 5.69 Å². The topological polar surface area (TPSA) is 116 Å². The summed E-state index contributed by atoms with van der Waals surface area (Å²) in [6.07, 6.45) is 1.66. The number of nitrogens with one attached hydrogen (secondary N) is 1. The van der Waals surface area contributed by atoms with E-state index in [1.807, 2.05) is 6.07 Å². The van der Waals surface area contributed by atoms with Crippen LogP contribution in [0.3, 0.4) is 0 Å². The van der Waals surface area contributed by atoms with Gasteiger partial charge >= 0.3 is 5.97 Å². The molecule has 0 heterocycles. The van der Waals surface area contributed by atoms with Gasteiger partial charge < -0.3 is 10.4 Å². The van der Waals surface area contributed by atoms with Crippen molar-refractivity contribution in [3.63, 3.8) is 0 Å². The first-order valence-corrected chi connectivity index (χ1v) is 5.71. The molecule has 0 amide bonds. The predicted octanol–water partition coefficient (Wildman–Crippen LogP) is 1.74. The first kappa shape index (κ1) is 12.8. The predicted molar refractivity (Wildman–Crippen MR) is 65.6 cm³/mol. The lowest BCUT2D eigenvalue weighted by Crippen LogP contribution is -2.31. The molecule has 0 saturated heterocycles. The van der Waals surface area contributed by atoms with Crippen LogP contribution in [-0.4, -0.2) is 22.0 Å². The fraction of sp³-hybridized carbons (Fsp3) is 0.333. The van der Waals surface area contributed by atoms with Gasteiger partial charge in [0.1, 0.15) is 12.1 Å². The van der Waals surface area contributed by atoms with Crippen molar-refractivity contribution in [1.82, 2.24) is 0 Å². The normalized spacial score (nSPS) is 15.3. The maximum Gasteiger partial charge on any atom is 0.326 e. The molecule has 1 atom stereocenters. The second kappa shape index (κ2) is 4.94. The number of hydrogen-bond acceptors (Lipinski definition) is 5. The third-order valence-electron chi connectivity index (χ3n) is 3.00. The average molecular weight is 261 g/mol. The van der Waals surface area contributed by atoms with Gasteiger partial charge in [-0.05, 0) is 24.8 Å². The van der Waals surface area contributed by atoms with Crippen molar-refractivity contribution in [3.8, 4) is 6.07 Å². The minimum atomic E-state index is -0.982. The van der Waals surface area contributed by atoms with Crippen LogP contribution < -0.4 is 5.32 Å². The Morgan fingerprint density at radius 1 is 1.58 bits per heavy atom. The third-order valence-corrected chi connectivity index (χ3v) is 3.00. The monoisotopic (exact) mass is 261 g/mol. The first-order valence-electron chi connectivity index (χ1n) is 5.71. The first-order chi connectivity index (χ1) is 9.02. The molecule has 1 aliphatic rings. The minimum Gasteiger partial charge on any atom is -0.480 e. The lowest BCUT2D eigenvalue weighted by molar-refractivity contribution is -0.384. The molecule has 0 aliphatic heterocycles. The maximum absolute atomic E-state index is 11.1. The number of carboxylic acid groups (broad SMARTS) is 1. The molecule has 1 aromatic rings. The van der Waals surface area contributed by atoms with Gasteiger partial charge in [-0.3, -0.25) is 10.1 Å². The molecular formula is C12H11N3O4. The van der Waals surface area contributed by atoms with Crippen molar-refractivity contribution in [2.24, 2.45) is 5.92 Å². The number of anilines is 1. The molecule has 98 valence electrons. The van der Waals surface area contributed by atoms with Crippen LogP contribution in [0.15, 0.2) is 18.2 Å². The van der Waals surface area contributed by atoms with Crippen molar-refractivity contribution < 1.29 is 14.8 Å². The smallest absolute Gasteiger partial charge is 0.326 e. The standard InChI is InChI=1S/C12H11N3O4/c13-6-8-5-9(15(18)19)3-4-10(8)14-11(12(16)17)7-1-2-7/h3-5,7,11,14H,1-2H2,(H,16,17). The summed E-state index contributed by atoms with van der Waals surface area (Å²) in [4.78, 5) is 21.1. The summed E-state index contributed by atoms with van der Waals surface area (Å²) in [7, 11) is 0. The molecule has 1 unspecified atom stereocenters. The highest BCUT2D eigenvalue weighted by molar-refractivity contribution is 5.79. The Morgan fingerprint density at radius 2 is 2.26 bits per heavy atom. The number of benzene rings is 1. The summed E-state index contributed by atoms with van der Waals surface area (Å²) in [5, 5.41) is 31.5. The van der Waals surface area contributed by atoms with Crippen LogP contribution in [0, 0.1) is 27.4 Å². The molecule has 7 nitrogen and oxygen atoms in total. The molecule has 7 heteroatoms. The van der Waals surface area contributed by atoms with Crippen molar-refractivity contribution >= 4 is 17.3 Å². The van der Waals surface area contributed by atoms with Crippen LogP contribution >= 0.6 is 0 Å². The highest BCUT2D eigenvalue weighted by atomic mass is 16.6. The number of nitriles is 1. The number of carboxylic acids is 1. The molecule has 1 aliphatic carbocycles. The molecular weight excluding hydrogens is 250 g/mol. The molecule has 2 rings (SSSR count). The summed E-state index contributed by atoms with van der Waals surface area (Å²) in [5.41, 5.74) is 0.189. The van der Waals surface area contributed by atoms with Crippen LogP contribution in [0.5, 0.6) is 0 Å². The Bertz CT molecular complexity index is 575. The minimum absolute atomic E-state index is 0.0548. The Kier molecular flexibility index (Phi) is 3.33. The van der Waals surface area contributed by atoms with Gasteiger partial charge in [0.05, 0.1) is 16.2 Å². The Labute approximate surface area is 108 Å². The Balaban J connectivity index is 2.27. The molecule has 0 spiro atoms. The van der Waals surface area contributed by atoms with Gasteiger partial charge in [-0.15, -0.1) is 0 Å². The van der Waals surface area contributed by atoms with Crippen LogP contribution in [0.4, 0.5) is 11.4 Å². The van der Waals surface area contributed by atoms with Crippen molar-refractivity contribution in [3.05, 3.63) is 33.9 Å². The van der Waals surface area contributed by atoms with E-state index in [4.69, 9.17) is 10.4 Å². The van der Waals surface area contributed by atoms with Crippen molar-refractivity contribution in [2.45, 2.75) is 18.9 Å². The molecule has 19 heavy (non-hydrogen) atoms. The van der Waals surface area contributed by atoms with Crippen LogP contribution in [0.1, 0.15) is 18.4 Å². The molecule has 1 fully saturated rings. The van der Waals surface area contributed by atoms with E-state index < -0.39 is 16.9 Å². The van der Waals surface area contributed by atoms with E-state index in [0.717, 1.165) is 18.9 Å². The fourth-order valence-corrected chi connectivity index (χ4v) is 1.84. The Morgan fingerprint density at radius 3 is 2.74 bits per heavy atom.